The van der Waals surface area contributed by atoms with Crippen molar-refractivity contribution in [3.63, 3.8) is 0 Å². The molecule has 2 fully saturated rings. The van der Waals surface area contributed by atoms with E-state index in [0.717, 1.165) is 19.5 Å². The fourth-order valence-corrected chi connectivity index (χ4v) is 2.66. The zero-order chi connectivity index (χ0) is 15.8. The molecule has 1 saturated carbocycles. The van der Waals surface area contributed by atoms with E-state index in [9.17, 15) is 13.2 Å². The van der Waals surface area contributed by atoms with Gasteiger partial charge in [0, 0.05) is 25.7 Å². The molecule has 22 heavy (non-hydrogen) atoms. The van der Waals surface area contributed by atoms with Crippen LogP contribution in [-0.4, -0.2) is 53.9 Å². The van der Waals surface area contributed by atoms with Crippen LogP contribution in [0.15, 0.2) is 6.33 Å². The van der Waals surface area contributed by atoms with Crippen LogP contribution in [0, 0.1) is 5.41 Å². The van der Waals surface area contributed by atoms with Gasteiger partial charge in [-0.25, -0.2) is 9.97 Å². The molecule has 1 aliphatic carbocycles. The van der Waals surface area contributed by atoms with Gasteiger partial charge in [0.05, 0.1) is 5.41 Å². The summed E-state index contributed by atoms with van der Waals surface area (Å²) in [4.78, 5) is 14.3. The van der Waals surface area contributed by atoms with Gasteiger partial charge in [0.25, 0.3) is 0 Å². The Bertz CT molecular complexity index is 531. The minimum absolute atomic E-state index is 0.164. The second kappa shape index (κ2) is 5.53. The average molecular weight is 316 g/mol. The Hall–Kier alpha value is -1.64. The van der Waals surface area contributed by atoms with Crippen LogP contribution in [0.1, 0.15) is 19.3 Å². The smallest absolute Gasteiger partial charge is 0.353 e. The highest BCUT2D eigenvalue weighted by atomic mass is 19.4. The zero-order valence-corrected chi connectivity index (χ0v) is 12.3. The van der Waals surface area contributed by atoms with Gasteiger partial charge in [0.15, 0.2) is 0 Å². The molecule has 2 heterocycles. The number of hydrogen-bond donors (Lipinski definition) is 2. The van der Waals surface area contributed by atoms with Gasteiger partial charge in [-0.1, -0.05) is 0 Å². The molecule has 1 saturated heterocycles. The predicted octanol–water partition coefficient (Wildman–Crippen LogP) is 1.42. The second-order valence-corrected chi connectivity index (χ2v) is 5.96. The third-order valence-electron chi connectivity index (χ3n) is 4.48. The molecule has 0 bridgehead atoms. The third kappa shape index (κ3) is 2.94. The molecule has 1 aliphatic heterocycles. The summed E-state index contributed by atoms with van der Waals surface area (Å²) in [7, 11) is 1.90. The van der Waals surface area contributed by atoms with Crippen molar-refractivity contribution in [3.8, 4) is 0 Å². The van der Waals surface area contributed by atoms with E-state index in [4.69, 9.17) is 0 Å². The summed E-state index contributed by atoms with van der Waals surface area (Å²) in [6, 6.07) is 0.383. The van der Waals surface area contributed by atoms with Crippen LogP contribution in [0.4, 0.5) is 25.1 Å². The minimum atomic E-state index is -4.18. The Balaban J connectivity index is 1.63. The Morgan fingerprint density at radius 1 is 1.36 bits per heavy atom. The maximum absolute atomic E-state index is 12.9. The first-order valence-electron chi connectivity index (χ1n) is 7.35. The van der Waals surface area contributed by atoms with Crippen molar-refractivity contribution in [2.75, 3.05) is 36.9 Å². The van der Waals surface area contributed by atoms with Crippen LogP contribution < -0.4 is 15.5 Å². The molecule has 0 radical (unpaired) electrons. The summed E-state index contributed by atoms with van der Waals surface area (Å²) in [5.41, 5.74) is -1.61. The summed E-state index contributed by atoms with van der Waals surface area (Å²) < 4.78 is 38.7. The number of hydrogen-bond acceptors (Lipinski definition) is 6. The number of halogens is 3. The first-order valence-corrected chi connectivity index (χ1v) is 7.35. The van der Waals surface area contributed by atoms with Crippen LogP contribution >= 0.6 is 0 Å². The fourth-order valence-electron chi connectivity index (χ4n) is 2.66. The van der Waals surface area contributed by atoms with E-state index >= 15 is 0 Å². The number of alkyl halides is 3. The largest absolute Gasteiger partial charge is 0.396 e. The molecular weight excluding hydrogens is 297 g/mol. The van der Waals surface area contributed by atoms with Crippen LogP contribution in [0.3, 0.4) is 0 Å². The third-order valence-corrected chi connectivity index (χ3v) is 4.48. The Labute approximate surface area is 126 Å². The van der Waals surface area contributed by atoms with Gasteiger partial charge in [-0.15, -0.1) is 0 Å². The van der Waals surface area contributed by atoms with Gasteiger partial charge >= 0.3 is 6.18 Å². The van der Waals surface area contributed by atoms with E-state index in [1.54, 1.807) is 0 Å². The van der Waals surface area contributed by atoms with Crippen molar-refractivity contribution < 1.29 is 13.2 Å². The van der Waals surface area contributed by atoms with Crippen molar-refractivity contribution in [1.29, 1.82) is 0 Å². The number of rotatable bonds is 5. The lowest BCUT2D eigenvalue weighted by Gasteiger charge is -2.20. The van der Waals surface area contributed by atoms with E-state index in [1.807, 2.05) is 11.9 Å². The normalized spacial score (nSPS) is 23.6. The number of aromatic nitrogens is 3. The van der Waals surface area contributed by atoms with Gasteiger partial charge < -0.3 is 15.5 Å². The number of nitrogens with zero attached hydrogens (tertiary/aromatic N) is 4. The number of nitrogens with one attached hydrogen (secondary N) is 2. The molecule has 9 heteroatoms. The SMILES string of the molecule is CN[C@@H]1CCN(c2ncnc(NCC3(C(F)(F)F)CC3)n2)C1. The van der Waals surface area contributed by atoms with E-state index in [0.29, 0.717) is 12.0 Å². The molecule has 0 unspecified atom stereocenters. The van der Waals surface area contributed by atoms with Gasteiger partial charge in [-0.3, -0.25) is 0 Å². The van der Waals surface area contributed by atoms with Crippen molar-refractivity contribution in [1.82, 2.24) is 20.3 Å². The summed E-state index contributed by atoms with van der Waals surface area (Å²) >= 11 is 0. The minimum Gasteiger partial charge on any atom is -0.353 e. The topological polar surface area (TPSA) is 66.0 Å². The quantitative estimate of drug-likeness (QED) is 0.856. The van der Waals surface area contributed by atoms with E-state index < -0.39 is 11.6 Å². The summed E-state index contributed by atoms with van der Waals surface area (Å²) in [5.74, 6) is 0.709. The van der Waals surface area contributed by atoms with E-state index in [-0.39, 0.29) is 25.3 Å². The van der Waals surface area contributed by atoms with Gasteiger partial charge in [0.1, 0.15) is 6.33 Å². The molecule has 1 aromatic heterocycles. The molecule has 3 rings (SSSR count). The second-order valence-electron chi connectivity index (χ2n) is 5.96. The highest BCUT2D eigenvalue weighted by Gasteiger charge is 2.62. The first-order chi connectivity index (χ1) is 10.4. The number of likely N-dealkylation sites (N-methyl/N-ethyl adjacent to an activating group) is 1. The predicted molar refractivity (Wildman–Crippen MR) is 75.7 cm³/mol. The Kier molecular flexibility index (Phi) is 3.84. The molecule has 1 atom stereocenters. The molecular formula is C13H19F3N6. The summed E-state index contributed by atoms with van der Waals surface area (Å²) in [5, 5.41) is 5.91. The van der Waals surface area contributed by atoms with Crippen molar-refractivity contribution >= 4 is 11.9 Å². The van der Waals surface area contributed by atoms with Crippen LogP contribution in [0.2, 0.25) is 0 Å². The monoisotopic (exact) mass is 316 g/mol. The maximum Gasteiger partial charge on any atom is 0.396 e. The highest BCUT2D eigenvalue weighted by molar-refractivity contribution is 5.37. The van der Waals surface area contributed by atoms with Gasteiger partial charge in [-0.2, -0.15) is 18.2 Å². The summed E-state index contributed by atoms with van der Waals surface area (Å²) in [6.45, 7) is 1.42. The van der Waals surface area contributed by atoms with Gasteiger partial charge in [-0.05, 0) is 26.3 Å². The van der Waals surface area contributed by atoms with Crippen LogP contribution in [-0.2, 0) is 0 Å². The molecule has 2 aliphatic rings. The van der Waals surface area contributed by atoms with Crippen molar-refractivity contribution in [2.45, 2.75) is 31.5 Å². The lowest BCUT2D eigenvalue weighted by molar-refractivity contribution is -0.182. The fraction of sp³-hybridized carbons (Fsp3) is 0.769. The molecule has 6 nitrogen and oxygen atoms in total. The molecule has 1 aromatic rings. The first kappa shape index (κ1) is 15.3. The maximum atomic E-state index is 12.9. The molecule has 0 aromatic carbocycles. The van der Waals surface area contributed by atoms with E-state index in [1.165, 1.54) is 6.33 Å². The zero-order valence-electron chi connectivity index (χ0n) is 12.3. The van der Waals surface area contributed by atoms with Crippen molar-refractivity contribution in [3.05, 3.63) is 6.33 Å². The molecule has 2 N–H and O–H groups in total. The Morgan fingerprint density at radius 2 is 2.14 bits per heavy atom. The van der Waals surface area contributed by atoms with E-state index in [2.05, 4.69) is 25.6 Å². The average Bonchev–Trinajstić information content (AvgIpc) is 3.15. The van der Waals surface area contributed by atoms with Crippen LogP contribution in [0.25, 0.3) is 0 Å². The lowest BCUT2D eigenvalue weighted by Crippen LogP contribution is -2.32. The molecule has 0 spiro atoms. The van der Waals surface area contributed by atoms with Crippen molar-refractivity contribution in [2.24, 2.45) is 5.41 Å². The summed E-state index contributed by atoms with van der Waals surface area (Å²) in [6.07, 6.45) is -1.52. The lowest BCUT2D eigenvalue weighted by atomic mass is 10.1. The van der Waals surface area contributed by atoms with Crippen LogP contribution in [0.5, 0.6) is 0 Å². The molecule has 0 amide bonds. The number of anilines is 2. The molecule has 122 valence electrons. The van der Waals surface area contributed by atoms with Gasteiger partial charge in [0.2, 0.25) is 11.9 Å². The Morgan fingerprint density at radius 3 is 2.73 bits per heavy atom. The highest BCUT2D eigenvalue weighted by Crippen LogP contribution is 2.57. The standard InChI is InChI=1S/C13H19F3N6/c1-17-9-2-5-22(6-9)11-20-8-19-10(21-11)18-7-12(3-4-12)13(14,15)16/h8-9,17H,2-7H2,1H3,(H,18,19,20,21)/t9-/m1/s1.